The number of sulfonamides is 1. The molecule has 0 atom stereocenters. The Bertz CT molecular complexity index is 1060. The Balaban J connectivity index is 1.79. The van der Waals surface area contributed by atoms with E-state index in [4.69, 9.17) is 4.74 Å². The maximum atomic E-state index is 12.6. The molecular formula is C21H20N2O4S. The largest absolute Gasteiger partial charge is 0.455 e. The van der Waals surface area contributed by atoms with Crippen LogP contribution in [0.2, 0.25) is 0 Å². The van der Waals surface area contributed by atoms with E-state index in [1.165, 1.54) is 38.4 Å². The Hall–Kier alpha value is -3.16. The number of anilines is 1. The fourth-order valence-corrected chi connectivity index (χ4v) is 3.36. The lowest BCUT2D eigenvalue weighted by Gasteiger charge is -2.13. The van der Waals surface area contributed by atoms with E-state index in [1.807, 2.05) is 36.4 Å². The maximum Gasteiger partial charge on any atom is 0.255 e. The van der Waals surface area contributed by atoms with Crippen LogP contribution in [0, 0.1) is 0 Å². The van der Waals surface area contributed by atoms with Gasteiger partial charge in [-0.3, -0.25) is 4.79 Å². The lowest BCUT2D eigenvalue weighted by Crippen LogP contribution is -2.22. The Morgan fingerprint density at radius 3 is 2.11 bits per heavy atom. The average Bonchev–Trinajstić information content (AvgIpc) is 2.70. The number of benzene rings is 3. The van der Waals surface area contributed by atoms with Gasteiger partial charge in [-0.25, -0.2) is 12.7 Å². The Labute approximate surface area is 164 Å². The van der Waals surface area contributed by atoms with E-state index in [-0.39, 0.29) is 10.8 Å². The second-order valence-corrected chi connectivity index (χ2v) is 8.33. The van der Waals surface area contributed by atoms with Crippen LogP contribution in [0.5, 0.6) is 11.5 Å². The van der Waals surface area contributed by atoms with E-state index in [9.17, 15) is 13.2 Å². The SMILES string of the molecule is CN(C)S(=O)(=O)c1ccc(C(=O)Nc2ccccc2Oc2ccccc2)cc1. The molecule has 0 saturated heterocycles. The lowest BCUT2D eigenvalue weighted by atomic mass is 10.2. The number of ether oxygens (including phenoxy) is 1. The third-order valence-corrected chi connectivity index (χ3v) is 5.83. The van der Waals surface area contributed by atoms with Gasteiger partial charge in [-0.1, -0.05) is 30.3 Å². The topological polar surface area (TPSA) is 75.7 Å². The van der Waals surface area contributed by atoms with Crippen LogP contribution in [0.25, 0.3) is 0 Å². The number of hydrogen-bond acceptors (Lipinski definition) is 4. The summed E-state index contributed by atoms with van der Waals surface area (Å²) in [5.74, 6) is 0.800. The van der Waals surface area contributed by atoms with Crippen molar-refractivity contribution in [2.75, 3.05) is 19.4 Å². The minimum absolute atomic E-state index is 0.127. The van der Waals surface area contributed by atoms with Crippen LogP contribution in [-0.4, -0.2) is 32.7 Å². The standard InChI is InChI=1S/C21H20N2O4S/c1-23(2)28(25,26)18-14-12-16(13-15-18)21(24)22-19-10-6-7-11-20(19)27-17-8-4-3-5-9-17/h3-15H,1-2H3,(H,22,24). The molecule has 0 unspecified atom stereocenters. The predicted molar refractivity (Wildman–Crippen MR) is 108 cm³/mol. The molecule has 7 heteroatoms. The molecule has 0 aliphatic heterocycles. The zero-order valence-electron chi connectivity index (χ0n) is 15.5. The minimum atomic E-state index is -3.54. The van der Waals surface area contributed by atoms with Gasteiger partial charge in [0.05, 0.1) is 10.6 Å². The summed E-state index contributed by atoms with van der Waals surface area (Å²) >= 11 is 0. The summed E-state index contributed by atoms with van der Waals surface area (Å²) in [6, 6.07) is 22.1. The fraction of sp³-hybridized carbons (Fsp3) is 0.0952. The van der Waals surface area contributed by atoms with Gasteiger partial charge in [-0.05, 0) is 48.5 Å². The van der Waals surface area contributed by atoms with Crippen LogP contribution in [0.4, 0.5) is 5.69 Å². The average molecular weight is 396 g/mol. The molecule has 0 fully saturated rings. The van der Waals surface area contributed by atoms with Crippen molar-refractivity contribution in [3.05, 3.63) is 84.4 Å². The molecule has 0 aliphatic carbocycles. The summed E-state index contributed by atoms with van der Waals surface area (Å²) < 4.78 is 31.2. The van der Waals surface area contributed by atoms with E-state index in [0.29, 0.717) is 22.7 Å². The molecule has 6 nitrogen and oxygen atoms in total. The molecule has 0 radical (unpaired) electrons. The fourth-order valence-electron chi connectivity index (χ4n) is 2.46. The highest BCUT2D eigenvalue weighted by Gasteiger charge is 2.18. The molecular weight excluding hydrogens is 376 g/mol. The van der Waals surface area contributed by atoms with E-state index >= 15 is 0 Å². The summed E-state index contributed by atoms with van der Waals surface area (Å²) in [5.41, 5.74) is 0.855. The number of amides is 1. The highest BCUT2D eigenvalue weighted by atomic mass is 32.2. The number of hydrogen-bond donors (Lipinski definition) is 1. The Morgan fingerprint density at radius 1 is 0.857 bits per heavy atom. The second kappa shape index (κ2) is 8.24. The highest BCUT2D eigenvalue weighted by molar-refractivity contribution is 7.89. The van der Waals surface area contributed by atoms with Crippen LogP contribution in [-0.2, 0) is 10.0 Å². The van der Waals surface area contributed by atoms with Crippen LogP contribution in [0.15, 0.2) is 83.8 Å². The number of nitrogens with one attached hydrogen (secondary N) is 1. The van der Waals surface area contributed by atoms with E-state index in [0.717, 1.165) is 4.31 Å². The Kier molecular flexibility index (Phi) is 5.77. The van der Waals surface area contributed by atoms with Gasteiger partial charge >= 0.3 is 0 Å². The number of carbonyl (C=O) groups excluding carboxylic acids is 1. The van der Waals surface area contributed by atoms with Gasteiger partial charge in [0, 0.05) is 19.7 Å². The van der Waals surface area contributed by atoms with Crippen molar-refractivity contribution in [1.82, 2.24) is 4.31 Å². The van der Waals surface area contributed by atoms with Crippen LogP contribution in [0.1, 0.15) is 10.4 Å². The molecule has 3 aromatic rings. The minimum Gasteiger partial charge on any atom is -0.455 e. The molecule has 3 aromatic carbocycles. The van der Waals surface area contributed by atoms with Gasteiger partial charge < -0.3 is 10.1 Å². The van der Waals surface area contributed by atoms with Gasteiger partial charge in [0.15, 0.2) is 5.75 Å². The molecule has 144 valence electrons. The molecule has 28 heavy (non-hydrogen) atoms. The van der Waals surface area contributed by atoms with E-state index in [2.05, 4.69) is 5.32 Å². The van der Waals surface area contributed by atoms with Crippen LogP contribution < -0.4 is 10.1 Å². The maximum absolute atomic E-state index is 12.6. The molecule has 3 rings (SSSR count). The molecule has 0 bridgehead atoms. The van der Waals surface area contributed by atoms with Gasteiger partial charge in [-0.15, -0.1) is 0 Å². The van der Waals surface area contributed by atoms with Crippen LogP contribution >= 0.6 is 0 Å². The molecule has 0 aliphatic rings. The monoisotopic (exact) mass is 396 g/mol. The first-order chi connectivity index (χ1) is 13.4. The number of carbonyl (C=O) groups is 1. The molecule has 0 heterocycles. The van der Waals surface area contributed by atoms with Crippen molar-refractivity contribution in [3.63, 3.8) is 0 Å². The zero-order valence-corrected chi connectivity index (χ0v) is 16.3. The van der Waals surface area contributed by atoms with Gasteiger partial charge in [0.1, 0.15) is 5.75 Å². The zero-order chi connectivity index (χ0) is 20.1. The van der Waals surface area contributed by atoms with E-state index < -0.39 is 10.0 Å². The van der Waals surface area contributed by atoms with Gasteiger partial charge in [-0.2, -0.15) is 0 Å². The molecule has 1 N–H and O–H groups in total. The summed E-state index contributed by atoms with van der Waals surface area (Å²) in [6.45, 7) is 0. The van der Waals surface area contributed by atoms with Crippen molar-refractivity contribution in [2.24, 2.45) is 0 Å². The normalized spacial score (nSPS) is 11.2. The molecule has 0 aromatic heterocycles. The second-order valence-electron chi connectivity index (χ2n) is 6.18. The first-order valence-corrected chi connectivity index (χ1v) is 9.98. The quantitative estimate of drug-likeness (QED) is 0.684. The van der Waals surface area contributed by atoms with E-state index in [1.54, 1.807) is 18.2 Å². The number of para-hydroxylation sites is 3. The number of rotatable bonds is 6. The Morgan fingerprint density at radius 2 is 1.46 bits per heavy atom. The predicted octanol–water partition coefficient (Wildman–Crippen LogP) is 3.98. The first kappa shape index (κ1) is 19.6. The van der Waals surface area contributed by atoms with Crippen molar-refractivity contribution >= 4 is 21.6 Å². The first-order valence-electron chi connectivity index (χ1n) is 8.54. The summed E-state index contributed by atoms with van der Waals surface area (Å²) in [6.07, 6.45) is 0. The molecule has 0 spiro atoms. The highest BCUT2D eigenvalue weighted by Crippen LogP contribution is 2.29. The third-order valence-electron chi connectivity index (χ3n) is 4.00. The van der Waals surface area contributed by atoms with Crippen molar-refractivity contribution < 1.29 is 17.9 Å². The lowest BCUT2D eigenvalue weighted by molar-refractivity contribution is 0.102. The third kappa shape index (κ3) is 4.39. The van der Waals surface area contributed by atoms with Crippen molar-refractivity contribution in [1.29, 1.82) is 0 Å². The smallest absolute Gasteiger partial charge is 0.255 e. The summed E-state index contributed by atoms with van der Waals surface area (Å²) in [7, 11) is -0.622. The van der Waals surface area contributed by atoms with Gasteiger partial charge in [0.25, 0.3) is 5.91 Å². The summed E-state index contributed by atoms with van der Waals surface area (Å²) in [4.78, 5) is 12.7. The van der Waals surface area contributed by atoms with Gasteiger partial charge in [0.2, 0.25) is 10.0 Å². The van der Waals surface area contributed by atoms with Crippen molar-refractivity contribution in [3.8, 4) is 11.5 Å². The summed E-state index contributed by atoms with van der Waals surface area (Å²) in [5, 5.41) is 2.80. The van der Waals surface area contributed by atoms with Crippen LogP contribution in [0.3, 0.4) is 0 Å². The van der Waals surface area contributed by atoms with Crippen molar-refractivity contribution in [2.45, 2.75) is 4.90 Å². The number of nitrogens with zero attached hydrogens (tertiary/aromatic N) is 1. The molecule has 0 saturated carbocycles. The molecule has 1 amide bonds.